The number of rotatable bonds is 7. The molecule has 2 unspecified atom stereocenters. The third-order valence-corrected chi connectivity index (χ3v) is 14.6. The van der Waals surface area contributed by atoms with Crippen LogP contribution in [0.2, 0.25) is 0 Å². The first-order valence-corrected chi connectivity index (χ1v) is 23.7. The van der Waals surface area contributed by atoms with Crippen molar-refractivity contribution in [1.82, 2.24) is 0 Å². The van der Waals surface area contributed by atoms with Crippen LogP contribution in [0.4, 0.5) is 5.69 Å². The molecule has 3 nitrogen and oxygen atoms in total. The molecule has 2 aliphatic heterocycles. The van der Waals surface area contributed by atoms with Crippen molar-refractivity contribution >= 4 is 55.5 Å². The lowest BCUT2D eigenvalue weighted by molar-refractivity contribution is 0.437. The second-order valence-electron chi connectivity index (χ2n) is 18.3. The quantitative estimate of drug-likeness (QED) is 0.147. The van der Waals surface area contributed by atoms with Crippen LogP contribution >= 0.6 is 0 Å². The first kappa shape index (κ1) is 38.8. The average molecular weight is 828 g/mol. The number of fused-ring (bicyclic) bond motifs is 9. The van der Waals surface area contributed by atoms with E-state index in [9.17, 15) is 0 Å². The van der Waals surface area contributed by atoms with Gasteiger partial charge in [0.25, 0.3) is 0 Å². The first-order chi connectivity index (χ1) is 31.7. The minimum Gasteiger partial charge on any atom is -0.333 e. The zero-order valence-electron chi connectivity index (χ0n) is 36.7. The van der Waals surface area contributed by atoms with Crippen LogP contribution in [0.5, 0.6) is 0 Å². The van der Waals surface area contributed by atoms with Crippen molar-refractivity contribution in [2.45, 2.75) is 76.8 Å². The van der Waals surface area contributed by atoms with Gasteiger partial charge in [-0.2, -0.15) is 0 Å². The SMILES string of the molecule is CC[C@H]1CC(C2=CCCC=C2)=NC(c2cccc(C3=CCCc4c3c3ccc(C5=CCC6C(=C5)c5ccccc5N6C5=CCCC=C5)cc3c3ccccc43)c2)=NC1c1ccccc1. The van der Waals surface area contributed by atoms with Gasteiger partial charge in [0.1, 0.15) is 0 Å². The van der Waals surface area contributed by atoms with Crippen LogP contribution in [0.1, 0.15) is 103 Å². The Morgan fingerprint density at radius 3 is 2.28 bits per heavy atom. The third kappa shape index (κ3) is 6.72. The Morgan fingerprint density at radius 1 is 0.625 bits per heavy atom. The van der Waals surface area contributed by atoms with E-state index in [1.165, 1.54) is 88.6 Å². The van der Waals surface area contributed by atoms with Crippen LogP contribution in [-0.2, 0) is 6.42 Å². The Labute approximate surface area is 377 Å². The van der Waals surface area contributed by atoms with E-state index in [0.717, 1.165) is 74.9 Å². The second kappa shape index (κ2) is 16.4. The number of aryl methyl sites for hydroxylation is 1. The van der Waals surface area contributed by atoms with E-state index in [4.69, 9.17) is 9.98 Å². The zero-order chi connectivity index (χ0) is 42.6. The fourth-order valence-corrected chi connectivity index (χ4v) is 11.5. The fourth-order valence-electron chi connectivity index (χ4n) is 11.5. The van der Waals surface area contributed by atoms with E-state index in [-0.39, 0.29) is 6.04 Å². The number of nitrogens with zero attached hydrogens (tertiary/aromatic N) is 3. The molecule has 0 amide bonds. The molecule has 64 heavy (non-hydrogen) atoms. The molecule has 0 fully saturated rings. The average Bonchev–Trinajstić information content (AvgIpc) is 3.57. The highest BCUT2D eigenvalue weighted by atomic mass is 15.2. The highest BCUT2D eigenvalue weighted by Gasteiger charge is 2.36. The summed E-state index contributed by atoms with van der Waals surface area (Å²) in [5.41, 5.74) is 18.1. The summed E-state index contributed by atoms with van der Waals surface area (Å²) < 4.78 is 0. The van der Waals surface area contributed by atoms with Gasteiger partial charge < -0.3 is 4.90 Å². The molecular weight excluding hydrogens is 775 g/mol. The number of hydrogen-bond acceptors (Lipinski definition) is 3. The van der Waals surface area contributed by atoms with Crippen molar-refractivity contribution in [3.05, 3.63) is 226 Å². The number of aliphatic imine (C=N–C) groups is 2. The summed E-state index contributed by atoms with van der Waals surface area (Å²) in [5, 5.41) is 5.33. The van der Waals surface area contributed by atoms with Gasteiger partial charge in [0, 0.05) is 22.5 Å². The Morgan fingerprint density at radius 2 is 1.44 bits per heavy atom. The van der Waals surface area contributed by atoms with Gasteiger partial charge in [0.2, 0.25) is 0 Å². The Hall–Kier alpha value is -6.84. The van der Waals surface area contributed by atoms with Crippen molar-refractivity contribution in [3.63, 3.8) is 0 Å². The van der Waals surface area contributed by atoms with E-state index < -0.39 is 0 Å². The van der Waals surface area contributed by atoms with E-state index in [0.29, 0.717) is 12.0 Å². The second-order valence-corrected chi connectivity index (χ2v) is 18.3. The van der Waals surface area contributed by atoms with E-state index in [1.54, 1.807) is 0 Å². The molecule has 3 heteroatoms. The molecule has 0 aromatic heterocycles. The summed E-state index contributed by atoms with van der Waals surface area (Å²) >= 11 is 0. The van der Waals surface area contributed by atoms with E-state index in [1.807, 2.05) is 0 Å². The van der Waals surface area contributed by atoms with E-state index in [2.05, 4.69) is 188 Å². The summed E-state index contributed by atoms with van der Waals surface area (Å²) in [5.74, 6) is 1.20. The normalized spacial score (nSPS) is 21.4. The predicted octanol–water partition coefficient (Wildman–Crippen LogP) is 15.3. The molecule has 4 aliphatic carbocycles. The highest BCUT2D eigenvalue weighted by Crippen LogP contribution is 2.49. The summed E-state index contributed by atoms with van der Waals surface area (Å²) in [6.07, 6.45) is 30.8. The van der Waals surface area contributed by atoms with Gasteiger partial charge in [-0.1, -0.05) is 159 Å². The molecule has 12 rings (SSSR count). The van der Waals surface area contributed by atoms with Gasteiger partial charge in [-0.15, -0.1) is 0 Å². The Kier molecular flexibility index (Phi) is 9.93. The molecular formula is C61H53N3. The molecule has 0 saturated heterocycles. The van der Waals surface area contributed by atoms with Crippen molar-refractivity contribution in [2.75, 3.05) is 4.90 Å². The summed E-state index contributed by atoms with van der Waals surface area (Å²) in [4.78, 5) is 13.7. The monoisotopic (exact) mass is 827 g/mol. The molecule has 0 spiro atoms. The molecule has 0 bridgehead atoms. The van der Waals surface area contributed by atoms with Crippen LogP contribution in [0.25, 0.3) is 38.3 Å². The van der Waals surface area contributed by atoms with Crippen molar-refractivity contribution < 1.29 is 0 Å². The van der Waals surface area contributed by atoms with Crippen LogP contribution in [0.15, 0.2) is 197 Å². The van der Waals surface area contributed by atoms with Gasteiger partial charge in [0.15, 0.2) is 5.84 Å². The molecule has 6 aliphatic rings. The van der Waals surface area contributed by atoms with Gasteiger partial charge >= 0.3 is 0 Å². The van der Waals surface area contributed by atoms with Gasteiger partial charge in [0.05, 0.1) is 17.8 Å². The lowest BCUT2D eigenvalue weighted by atomic mass is 9.79. The molecule has 3 atom stereocenters. The first-order valence-electron chi connectivity index (χ1n) is 23.7. The summed E-state index contributed by atoms with van der Waals surface area (Å²) in [6.45, 7) is 2.31. The standard InChI is InChI=1S/C61H53N3/c1-2-40-39-56(41-18-6-3-7-19-41)62-61(63-60(40)42-20-8-4-9-21-42)46-23-16-22-45(36-46)48-29-17-30-52-49-26-12-13-27-50(49)54-37-43(32-34-53(54)59(48)52)44-33-35-58-55(38-44)51-28-14-15-31-57(51)64(58)47-24-10-5-11-25-47/h4,6,8-10,12-16,18-29,31-34,36-38,40,58,60H,2-3,5,7,11,17,30,35,39H2,1H3/t40-,58?,60?/m0/s1. The summed E-state index contributed by atoms with van der Waals surface area (Å²) in [6, 6.07) is 45.7. The molecule has 0 N–H and O–H groups in total. The molecule has 312 valence electrons. The van der Waals surface area contributed by atoms with Crippen molar-refractivity contribution in [1.29, 1.82) is 0 Å². The molecule has 6 aromatic rings. The summed E-state index contributed by atoms with van der Waals surface area (Å²) in [7, 11) is 0. The largest absolute Gasteiger partial charge is 0.333 e. The Bertz CT molecular complexity index is 3160. The van der Waals surface area contributed by atoms with E-state index >= 15 is 0 Å². The van der Waals surface area contributed by atoms with Gasteiger partial charge in [-0.05, 0) is 159 Å². The van der Waals surface area contributed by atoms with Gasteiger partial charge in [-0.25, -0.2) is 4.99 Å². The minimum atomic E-state index is 0.0352. The number of benzene rings is 6. The molecule has 0 radical (unpaired) electrons. The third-order valence-electron chi connectivity index (χ3n) is 14.6. The topological polar surface area (TPSA) is 28.0 Å². The number of anilines is 1. The zero-order valence-corrected chi connectivity index (χ0v) is 36.7. The molecule has 2 heterocycles. The maximum atomic E-state index is 5.59. The predicted molar refractivity (Wildman–Crippen MR) is 271 cm³/mol. The van der Waals surface area contributed by atoms with Crippen LogP contribution in [-0.4, -0.2) is 17.6 Å². The van der Waals surface area contributed by atoms with Crippen LogP contribution in [0.3, 0.4) is 0 Å². The number of hydrogen-bond donors (Lipinski definition) is 0. The highest BCUT2D eigenvalue weighted by molar-refractivity contribution is 6.17. The smallest absolute Gasteiger partial charge is 0.155 e. The molecule has 6 aromatic carbocycles. The Balaban J connectivity index is 0.958. The minimum absolute atomic E-state index is 0.0352. The lowest BCUT2D eigenvalue weighted by Gasteiger charge is -2.31. The number of allylic oxidation sites excluding steroid dienone is 10. The lowest BCUT2D eigenvalue weighted by Crippen LogP contribution is -2.31. The van der Waals surface area contributed by atoms with Crippen LogP contribution in [0, 0.1) is 5.92 Å². The van der Waals surface area contributed by atoms with Gasteiger partial charge in [-0.3, -0.25) is 4.99 Å². The fraction of sp³-hybridized carbons (Fsp3) is 0.213. The van der Waals surface area contributed by atoms with Crippen molar-refractivity contribution in [3.8, 4) is 0 Å². The maximum absolute atomic E-state index is 5.59. The number of amidine groups is 1. The molecule has 0 saturated carbocycles. The van der Waals surface area contributed by atoms with Crippen molar-refractivity contribution in [2.24, 2.45) is 15.9 Å². The maximum Gasteiger partial charge on any atom is 0.155 e. The number of para-hydroxylation sites is 1. The van der Waals surface area contributed by atoms with Crippen LogP contribution < -0.4 is 4.90 Å².